The van der Waals surface area contributed by atoms with Crippen molar-refractivity contribution >= 4 is 0 Å². The van der Waals surface area contributed by atoms with Crippen LogP contribution >= 0.6 is 0 Å². The van der Waals surface area contributed by atoms with Crippen LogP contribution in [-0.2, 0) is 0 Å². The third-order valence-electron chi connectivity index (χ3n) is 4.51. The lowest BCUT2D eigenvalue weighted by Gasteiger charge is -2.60. The Morgan fingerprint density at radius 1 is 1.07 bits per heavy atom. The van der Waals surface area contributed by atoms with Crippen molar-refractivity contribution in [3.63, 3.8) is 0 Å². The molecule has 0 atom stereocenters. The molecule has 0 saturated heterocycles. The third kappa shape index (κ3) is 2.15. The summed E-state index contributed by atoms with van der Waals surface area (Å²) in [7, 11) is 0. The van der Waals surface area contributed by atoms with E-state index in [2.05, 4.69) is 48.5 Å². The summed E-state index contributed by atoms with van der Waals surface area (Å²) in [4.78, 5) is 0. The Bertz CT molecular complexity index is 194. The molecule has 0 radical (unpaired) electrons. The van der Waals surface area contributed by atoms with Crippen LogP contribution in [0.4, 0.5) is 0 Å². The SMILES string of the molecule is CCC(C)(C)CC1C(C)(C)CC1(C)C. The Morgan fingerprint density at radius 2 is 1.50 bits per heavy atom. The number of hydrogen-bond donors (Lipinski definition) is 0. The summed E-state index contributed by atoms with van der Waals surface area (Å²) in [6.45, 7) is 16.9. The van der Waals surface area contributed by atoms with Crippen molar-refractivity contribution in [1.82, 2.24) is 0 Å². The van der Waals surface area contributed by atoms with Crippen LogP contribution in [0, 0.1) is 22.2 Å². The summed E-state index contributed by atoms with van der Waals surface area (Å²) in [6.07, 6.45) is 4.09. The van der Waals surface area contributed by atoms with Crippen LogP contribution in [0.5, 0.6) is 0 Å². The van der Waals surface area contributed by atoms with Gasteiger partial charge in [0.15, 0.2) is 0 Å². The minimum absolute atomic E-state index is 0.527. The molecule has 1 saturated carbocycles. The van der Waals surface area contributed by atoms with Crippen LogP contribution in [0.25, 0.3) is 0 Å². The molecule has 14 heavy (non-hydrogen) atoms. The molecule has 0 aromatic carbocycles. The lowest BCUT2D eigenvalue weighted by Crippen LogP contribution is -2.51. The first-order chi connectivity index (χ1) is 6.11. The van der Waals surface area contributed by atoms with Crippen molar-refractivity contribution in [3.8, 4) is 0 Å². The van der Waals surface area contributed by atoms with E-state index in [-0.39, 0.29) is 0 Å². The lowest BCUT2D eigenvalue weighted by atomic mass is 9.45. The van der Waals surface area contributed by atoms with E-state index in [1.54, 1.807) is 0 Å². The molecule has 0 aromatic rings. The lowest BCUT2D eigenvalue weighted by molar-refractivity contribution is -0.102. The number of hydrogen-bond acceptors (Lipinski definition) is 0. The maximum atomic E-state index is 2.44. The van der Waals surface area contributed by atoms with Crippen LogP contribution in [0.3, 0.4) is 0 Å². The predicted octanol–water partition coefficient (Wildman–Crippen LogP) is 4.89. The Morgan fingerprint density at radius 3 is 1.79 bits per heavy atom. The smallest absolute Gasteiger partial charge is 0.0306 e. The molecule has 0 heteroatoms. The van der Waals surface area contributed by atoms with Crippen LogP contribution in [0.15, 0.2) is 0 Å². The average Bonchev–Trinajstić information content (AvgIpc) is 1.99. The van der Waals surface area contributed by atoms with Crippen molar-refractivity contribution in [2.24, 2.45) is 22.2 Å². The molecular formula is C14H28. The van der Waals surface area contributed by atoms with Gasteiger partial charge in [-0.15, -0.1) is 0 Å². The molecule has 0 nitrogen and oxygen atoms in total. The first-order valence-corrected chi connectivity index (χ1v) is 6.11. The molecular weight excluding hydrogens is 168 g/mol. The second-order valence-corrected chi connectivity index (χ2v) is 7.43. The van der Waals surface area contributed by atoms with Gasteiger partial charge in [0.05, 0.1) is 0 Å². The van der Waals surface area contributed by atoms with Gasteiger partial charge in [0.2, 0.25) is 0 Å². The maximum absolute atomic E-state index is 2.44. The highest BCUT2D eigenvalue weighted by Crippen LogP contribution is 2.62. The highest BCUT2D eigenvalue weighted by atomic mass is 14.6. The summed E-state index contributed by atoms with van der Waals surface area (Å²) in [5, 5.41) is 0. The minimum atomic E-state index is 0.527. The van der Waals surface area contributed by atoms with Crippen LogP contribution < -0.4 is 0 Å². The van der Waals surface area contributed by atoms with Crippen molar-refractivity contribution < 1.29 is 0 Å². The van der Waals surface area contributed by atoms with Gasteiger partial charge in [0.25, 0.3) is 0 Å². The van der Waals surface area contributed by atoms with E-state index in [1.165, 1.54) is 19.3 Å². The fourth-order valence-electron chi connectivity index (χ4n) is 3.60. The van der Waals surface area contributed by atoms with E-state index < -0.39 is 0 Å². The Kier molecular flexibility index (Phi) is 2.80. The summed E-state index contributed by atoms with van der Waals surface area (Å²) in [6, 6.07) is 0. The minimum Gasteiger partial charge on any atom is -0.0649 e. The number of rotatable bonds is 3. The first-order valence-electron chi connectivity index (χ1n) is 6.11. The molecule has 1 aliphatic rings. The largest absolute Gasteiger partial charge is 0.0649 e. The summed E-state index contributed by atoms with van der Waals surface area (Å²) < 4.78 is 0. The molecule has 84 valence electrons. The monoisotopic (exact) mass is 196 g/mol. The normalized spacial score (nSPS) is 25.9. The van der Waals surface area contributed by atoms with Crippen LogP contribution in [0.1, 0.15) is 67.7 Å². The maximum Gasteiger partial charge on any atom is -0.0306 e. The van der Waals surface area contributed by atoms with Gasteiger partial charge in [0.1, 0.15) is 0 Å². The van der Waals surface area contributed by atoms with Crippen LogP contribution in [0.2, 0.25) is 0 Å². The Balaban J connectivity index is 2.68. The molecule has 0 bridgehead atoms. The van der Waals surface area contributed by atoms with Gasteiger partial charge in [-0.05, 0) is 35.0 Å². The molecule has 0 heterocycles. The molecule has 0 aliphatic heterocycles. The molecule has 1 aliphatic carbocycles. The quantitative estimate of drug-likeness (QED) is 0.603. The zero-order valence-electron chi connectivity index (χ0n) is 11.2. The first kappa shape index (κ1) is 12.1. The molecule has 1 fully saturated rings. The molecule has 1 rings (SSSR count). The van der Waals surface area contributed by atoms with E-state index in [4.69, 9.17) is 0 Å². The molecule has 0 unspecified atom stereocenters. The average molecular weight is 196 g/mol. The Labute approximate surface area is 90.5 Å². The van der Waals surface area contributed by atoms with Gasteiger partial charge in [-0.2, -0.15) is 0 Å². The van der Waals surface area contributed by atoms with Crippen molar-refractivity contribution in [3.05, 3.63) is 0 Å². The van der Waals surface area contributed by atoms with E-state index >= 15 is 0 Å². The van der Waals surface area contributed by atoms with Gasteiger partial charge in [-0.25, -0.2) is 0 Å². The van der Waals surface area contributed by atoms with Crippen LogP contribution in [-0.4, -0.2) is 0 Å². The van der Waals surface area contributed by atoms with Gasteiger partial charge >= 0.3 is 0 Å². The van der Waals surface area contributed by atoms with Gasteiger partial charge < -0.3 is 0 Å². The fraction of sp³-hybridized carbons (Fsp3) is 1.00. The highest BCUT2D eigenvalue weighted by molar-refractivity contribution is 5.02. The van der Waals surface area contributed by atoms with Gasteiger partial charge in [-0.1, -0.05) is 54.9 Å². The van der Waals surface area contributed by atoms with E-state index in [9.17, 15) is 0 Å². The summed E-state index contributed by atoms with van der Waals surface area (Å²) >= 11 is 0. The summed E-state index contributed by atoms with van der Waals surface area (Å²) in [5.74, 6) is 0.907. The standard InChI is InChI=1S/C14H28/c1-8-12(2,3)9-11-13(4,5)10-14(11,6)7/h11H,8-10H2,1-7H3. The predicted molar refractivity (Wildman–Crippen MR) is 64.4 cm³/mol. The van der Waals surface area contributed by atoms with E-state index in [0.717, 1.165) is 5.92 Å². The second kappa shape index (κ2) is 3.25. The topological polar surface area (TPSA) is 0 Å². The molecule has 0 spiro atoms. The molecule has 0 N–H and O–H groups in total. The van der Waals surface area contributed by atoms with E-state index in [1.807, 2.05) is 0 Å². The third-order valence-corrected chi connectivity index (χ3v) is 4.51. The zero-order chi connectivity index (χ0) is 11.2. The fourth-order valence-corrected chi connectivity index (χ4v) is 3.60. The van der Waals surface area contributed by atoms with Crippen molar-refractivity contribution in [2.45, 2.75) is 67.7 Å². The zero-order valence-corrected chi connectivity index (χ0v) is 11.2. The summed E-state index contributed by atoms with van der Waals surface area (Å²) in [5.41, 5.74) is 1.69. The van der Waals surface area contributed by atoms with Crippen molar-refractivity contribution in [2.75, 3.05) is 0 Å². The molecule has 0 amide bonds. The van der Waals surface area contributed by atoms with Gasteiger partial charge in [-0.3, -0.25) is 0 Å². The van der Waals surface area contributed by atoms with Crippen molar-refractivity contribution in [1.29, 1.82) is 0 Å². The van der Waals surface area contributed by atoms with Gasteiger partial charge in [0, 0.05) is 0 Å². The molecule has 0 aromatic heterocycles. The van der Waals surface area contributed by atoms with E-state index in [0.29, 0.717) is 16.2 Å². The second-order valence-electron chi connectivity index (χ2n) is 7.43. The Hall–Kier alpha value is 0. The highest BCUT2D eigenvalue weighted by Gasteiger charge is 2.53.